The van der Waals surface area contributed by atoms with Gasteiger partial charge in [-0.05, 0) is 49.2 Å². The molecule has 9 heteroatoms. The van der Waals surface area contributed by atoms with Gasteiger partial charge in [-0.1, -0.05) is 19.9 Å². The summed E-state index contributed by atoms with van der Waals surface area (Å²) in [5.74, 6) is -0.464. The topological polar surface area (TPSA) is 76.6 Å². The molecule has 2 aliphatic heterocycles. The highest BCUT2D eigenvalue weighted by molar-refractivity contribution is 7.10. The van der Waals surface area contributed by atoms with Gasteiger partial charge in [0.25, 0.3) is 5.91 Å². The Hall–Kier alpha value is -2.88. The van der Waals surface area contributed by atoms with Crippen LogP contribution in [0.4, 0.5) is 15.2 Å². The number of anilines is 2. The van der Waals surface area contributed by atoms with E-state index in [1.165, 1.54) is 36.7 Å². The molecule has 2 saturated heterocycles. The third-order valence-electron chi connectivity index (χ3n) is 6.01. The number of nitrogens with one attached hydrogen (secondary N) is 1. The van der Waals surface area contributed by atoms with Crippen molar-refractivity contribution in [3.63, 3.8) is 0 Å². The summed E-state index contributed by atoms with van der Waals surface area (Å²) in [6.45, 7) is 7.20. The molecule has 178 valence electrons. The summed E-state index contributed by atoms with van der Waals surface area (Å²) in [6.07, 6.45) is 1.72. The van der Waals surface area contributed by atoms with Crippen molar-refractivity contribution in [1.29, 1.82) is 0 Å². The van der Waals surface area contributed by atoms with Gasteiger partial charge < -0.3 is 14.4 Å². The zero-order valence-electron chi connectivity index (χ0n) is 19.2. The number of aromatic nitrogens is 2. The zero-order chi connectivity index (χ0) is 23.7. The van der Waals surface area contributed by atoms with Gasteiger partial charge in [-0.2, -0.15) is 9.36 Å². The Balaban J connectivity index is 1.30. The maximum Gasteiger partial charge on any atom is 0.258 e. The van der Waals surface area contributed by atoms with Crippen molar-refractivity contribution in [2.24, 2.45) is 5.41 Å². The lowest BCUT2D eigenvalue weighted by atomic mass is 9.95. The van der Waals surface area contributed by atoms with Gasteiger partial charge in [0, 0.05) is 46.9 Å². The number of amides is 1. The Morgan fingerprint density at radius 2 is 1.82 bits per heavy atom. The van der Waals surface area contributed by atoms with Crippen molar-refractivity contribution in [3.8, 4) is 11.4 Å². The SMILES string of the molecule is CC1(C)COC(c2ccc(F)cc2C(=O)Nc2nc(-c3ccc(N4CCCC4)cc3)ns2)OC1. The Morgan fingerprint density at radius 1 is 1.12 bits per heavy atom. The predicted molar refractivity (Wildman–Crippen MR) is 130 cm³/mol. The highest BCUT2D eigenvalue weighted by atomic mass is 32.1. The molecule has 1 aromatic heterocycles. The summed E-state index contributed by atoms with van der Waals surface area (Å²) in [6, 6.07) is 12.1. The number of hydrogen-bond donors (Lipinski definition) is 1. The molecule has 3 aromatic rings. The van der Waals surface area contributed by atoms with Crippen LogP contribution in [0, 0.1) is 11.2 Å². The first-order valence-corrected chi connectivity index (χ1v) is 12.2. The Bertz CT molecular complexity index is 1170. The lowest BCUT2D eigenvalue weighted by molar-refractivity contribution is -0.226. The van der Waals surface area contributed by atoms with Crippen molar-refractivity contribution in [1.82, 2.24) is 9.36 Å². The molecular formula is C25H27FN4O3S. The van der Waals surface area contributed by atoms with E-state index >= 15 is 0 Å². The second kappa shape index (κ2) is 9.40. The average molecular weight is 483 g/mol. The van der Waals surface area contributed by atoms with Crippen LogP contribution in [0.1, 0.15) is 48.9 Å². The van der Waals surface area contributed by atoms with Crippen LogP contribution >= 0.6 is 11.5 Å². The van der Waals surface area contributed by atoms with Gasteiger partial charge in [-0.25, -0.2) is 4.39 Å². The molecule has 0 saturated carbocycles. The lowest BCUT2D eigenvalue weighted by Gasteiger charge is -2.35. The number of carbonyl (C=O) groups excluding carboxylic acids is 1. The molecule has 3 heterocycles. The fraction of sp³-hybridized carbons (Fsp3) is 0.400. The summed E-state index contributed by atoms with van der Waals surface area (Å²) < 4.78 is 30.0. The lowest BCUT2D eigenvalue weighted by Crippen LogP contribution is -2.34. The molecule has 2 aromatic carbocycles. The number of benzene rings is 2. The number of nitrogens with zero attached hydrogens (tertiary/aromatic N) is 3. The highest BCUT2D eigenvalue weighted by Gasteiger charge is 2.31. The number of halogens is 1. The van der Waals surface area contributed by atoms with Gasteiger partial charge in [0.1, 0.15) is 5.82 Å². The minimum atomic E-state index is -0.728. The molecular weight excluding hydrogens is 455 g/mol. The third kappa shape index (κ3) is 4.96. The van der Waals surface area contributed by atoms with E-state index in [2.05, 4.69) is 31.7 Å². The molecule has 5 rings (SSSR count). The molecule has 0 bridgehead atoms. The molecule has 0 aliphatic carbocycles. The first-order valence-electron chi connectivity index (χ1n) is 11.4. The predicted octanol–water partition coefficient (Wildman–Crippen LogP) is 5.27. The van der Waals surface area contributed by atoms with E-state index in [1.54, 1.807) is 0 Å². The van der Waals surface area contributed by atoms with Crippen LogP contribution in [-0.4, -0.2) is 41.6 Å². The minimum absolute atomic E-state index is 0.116. The smallest absolute Gasteiger partial charge is 0.258 e. The van der Waals surface area contributed by atoms with Crippen LogP contribution in [0.15, 0.2) is 42.5 Å². The van der Waals surface area contributed by atoms with Gasteiger partial charge in [-0.3, -0.25) is 10.1 Å². The van der Waals surface area contributed by atoms with Crippen molar-refractivity contribution in [2.75, 3.05) is 36.5 Å². The molecule has 7 nitrogen and oxygen atoms in total. The minimum Gasteiger partial charge on any atom is -0.372 e. The third-order valence-corrected chi connectivity index (χ3v) is 6.64. The molecule has 34 heavy (non-hydrogen) atoms. The van der Waals surface area contributed by atoms with E-state index in [4.69, 9.17) is 9.47 Å². The Labute approximate surface area is 202 Å². The molecule has 0 spiro atoms. The standard InChI is InChI=1S/C25H27FN4O3S/c1-25(2)14-32-23(33-15-25)19-10-7-17(26)13-20(19)22(31)28-24-27-21(29-34-24)16-5-8-18(9-6-16)30-11-3-4-12-30/h5-10,13,23H,3-4,11-12,14-15H2,1-2H3,(H,27,28,29,31). The summed E-state index contributed by atoms with van der Waals surface area (Å²) in [4.78, 5) is 19.9. The second-order valence-electron chi connectivity index (χ2n) is 9.47. The Kier molecular flexibility index (Phi) is 6.33. The van der Waals surface area contributed by atoms with Gasteiger partial charge >= 0.3 is 0 Å². The first kappa shape index (κ1) is 22.9. The maximum absolute atomic E-state index is 14.0. The summed E-state index contributed by atoms with van der Waals surface area (Å²) in [5.41, 5.74) is 2.58. The van der Waals surface area contributed by atoms with Crippen LogP contribution in [0.25, 0.3) is 11.4 Å². The fourth-order valence-electron chi connectivity index (χ4n) is 4.16. The van der Waals surface area contributed by atoms with Gasteiger partial charge in [-0.15, -0.1) is 0 Å². The fourth-order valence-corrected chi connectivity index (χ4v) is 4.74. The van der Waals surface area contributed by atoms with E-state index < -0.39 is 18.0 Å². The molecule has 0 unspecified atom stereocenters. The number of ether oxygens (including phenoxy) is 2. The maximum atomic E-state index is 14.0. The molecule has 2 aliphatic rings. The summed E-state index contributed by atoms with van der Waals surface area (Å²) in [5, 5.41) is 3.09. The second-order valence-corrected chi connectivity index (χ2v) is 10.2. The molecule has 1 amide bonds. The van der Waals surface area contributed by atoms with Crippen LogP contribution < -0.4 is 10.2 Å². The van der Waals surface area contributed by atoms with Crippen molar-refractivity contribution < 1.29 is 18.7 Å². The van der Waals surface area contributed by atoms with Crippen molar-refractivity contribution >= 4 is 28.3 Å². The normalized spacial score (nSPS) is 18.3. The van der Waals surface area contributed by atoms with Gasteiger partial charge in [0.2, 0.25) is 5.13 Å². The van der Waals surface area contributed by atoms with Crippen molar-refractivity contribution in [3.05, 3.63) is 59.4 Å². The average Bonchev–Trinajstić information content (AvgIpc) is 3.52. The first-order chi connectivity index (χ1) is 16.4. The van der Waals surface area contributed by atoms with E-state index in [0.29, 0.717) is 29.7 Å². The van der Waals surface area contributed by atoms with E-state index in [1.807, 2.05) is 26.0 Å². The molecule has 0 radical (unpaired) electrons. The monoisotopic (exact) mass is 482 g/mol. The quantitative estimate of drug-likeness (QED) is 0.534. The van der Waals surface area contributed by atoms with Gasteiger partial charge in [0.05, 0.1) is 18.8 Å². The van der Waals surface area contributed by atoms with Crippen molar-refractivity contribution in [2.45, 2.75) is 33.0 Å². The zero-order valence-corrected chi connectivity index (χ0v) is 20.0. The highest BCUT2D eigenvalue weighted by Crippen LogP contribution is 2.33. The summed E-state index contributed by atoms with van der Waals surface area (Å²) in [7, 11) is 0. The van der Waals surface area contributed by atoms with Gasteiger partial charge in [0.15, 0.2) is 12.1 Å². The summed E-state index contributed by atoms with van der Waals surface area (Å²) >= 11 is 1.08. The Morgan fingerprint density at radius 3 is 2.53 bits per heavy atom. The molecule has 2 fully saturated rings. The van der Waals surface area contributed by atoms with Crippen LogP contribution in [0.3, 0.4) is 0 Å². The van der Waals surface area contributed by atoms with E-state index in [9.17, 15) is 9.18 Å². The molecule has 1 N–H and O–H groups in total. The van der Waals surface area contributed by atoms with Crippen LogP contribution in [0.2, 0.25) is 0 Å². The number of carbonyl (C=O) groups is 1. The van der Waals surface area contributed by atoms with Crippen LogP contribution in [0.5, 0.6) is 0 Å². The number of rotatable bonds is 5. The molecule has 0 atom stereocenters. The number of hydrogen-bond acceptors (Lipinski definition) is 7. The van der Waals surface area contributed by atoms with E-state index in [0.717, 1.165) is 30.2 Å². The van der Waals surface area contributed by atoms with Crippen LogP contribution in [-0.2, 0) is 9.47 Å². The largest absolute Gasteiger partial charge is 0.372 e. The van der Waals surface area contributed by atoms with E-state index in [-0.39, 0.29) is 11.0 Å².